The van der Waals surface area contributed by atoms with Gasteiger partial charge in [-0.1, -0.05) is 30.3 Å². The van der Waals surface area contributed by atoms with E-state index in [-0.39, 0.29) is 5.91 Å². The molecule has 1 aliphatic rings. The zero-order valence-electron chi connectivity index (χ0n) is 15.7. The molecule has 0 spiro atoms. The quantitative estimate of drug-likeness (QED) is 0.710. The van der Waals surface area contributed by atoms with Crippen LogP contribution in [-0.4, -0.2) is 36.4 Å². The van der Waals surface area contributed by atoms with Crippen LogP contribution in [0.1, 0.15) is 21.5 Å². The average molecular weight is 357 g/mol. The zero-order valence-corrected chi connectivity index (χ0v) is 15.7. The predicted molar refractivity (Wildman–Crippen MR) is 109 cm³/mol. The van der Waals surface area contributed by atoms with Gasteiger partial charge in [-0.2, -0.15) is 0 Å². The monoisotopic (exact) mass is 357 g/mol. The van der Waals surface area contributed by atoms with Crippen LogP contribution in [0.5, 0.6) is 0 Å². The lowest BCUT2D eigenvalue weighted by Crippen LogP contribution is -2.35. The Balaban J connectivity index is 1.57. The molecule has 4 nitrogen and oxygen atoms in total. The Morgan fingerprint density at radius 1 is 0.963 bits per heavy atom. The second-order valence-corrected chi connectivity index (χ2v) is 7.14. The number of carbonyl (C=O) groups is 1. The molecule has 4 heteroatoms. The van der Waals surface area contributed by atoms with Crippen molar-refractivity contribution in [2.75, 3.05) is 25.5 Å². The first-order chi connectivity index (χ1) is 13.1. The number of rotatable bonds is 3. The van der Waals surface area contributed by atoms with Crippen LogP contribution in [0.4, 0.5) is 5.69 Å². The molecule has 27 heavy (non-hydrogen) atoms. The van der Waals surface area contributed by atoms with Crippen LogP contribution in [0.2, 0.25) is 0 Å². The first-order valence-electron chi connectivity index (χ1n) is 9.21. The van der Waals surface area contributed by atoms with Crippen LogP contribution in [0.3, 0.4) is 0 Å². The Bertz CT molecular complexity index is 966. The number of benzene rings is 2. The summed E-state index contributed by atoms with van der Waals surface area (Å²) < 4.78 is 0. The number of anilines is 1. The van der Waals surface area contributed by atoms with Crippen molar-refractivity contribution in [1.82, 2.24) is 9.88 Å². The lowest BCUT2D eigenvalue weighted by molar-refractivity contribution is 0.0734. The first-order valence-corrected chi connectivity index (χ1v) is 9.21. The number of hydrogen-bond donors (Lipinski definition) is 0. The third kappa shape index (κ3) is 3.56. The van der Waals surface area contributed by atoms with Gasteiger partial charge in [-0.25, -0.2) is 0 Å². The van der Waals surface area contributed by atoms with Crippen LogP contribution in [0.25, 0.3) is 11.1 Å². The third-order valence-corrected chi connectivity index (χ3v) is 5.13. The normalized spacial score (nSPS) is 13.2. The lowest BCUT2D eigenvalue weighted by Gasteiger charge is -2.29. The van der Waals surface area contributed by atoms with Crippen LogP contribution >= 0.6 is 0 Å². The van der Waals surface area contributed by atoms with Gasteiger partial charge in [0.15, 0.2) is 0 Å². The van der Waals surface area contributed by atoms with E-state index < -0.39 is 0 Å². The maximum absolute atomic E-state index is 12.7. The predicted octanol–water partition coefficient (Wildman–Crippen LogP) is 4.01. The summed E-state index contributed by atoms with van der Waals surface area (Å²) in [7, 11) is 4.11. The fraction of sp³-hybridized carbons (Fsp3) is 0.217. The number of amides is 1. The van der Waals surface area contributed by atoms with E-state index in [0.29, 0.717) is 12.1 Å². The second kappa shape index (κ2) is 7.23. The molecule has 0 aliphatic carbocycles. The van der Waals surface area contributed by atoms with Crippen molar-refractivity contribution < 1.29 is 4.79 Å². The van der Waals surface area contributed by atoms with Gasteiger partial charge in [0.2, 0.25) is 0 Å². The first kappa shape index (κ1) is 17.3. The van der Waals surface area contributed by atoms with Crippen molar-refractivity contribution in [3.63, 3.8) is 0 Å². The molecule has 2 aromatic carbocycles. The highest BCUT2D eigenvalue weighted by Gasteiger charge is 2.22. The molecule has 0 bridgehead atoms. The highest BCUT2D eigenvalue weighted by molar-refractivity contribution is 5.94. The molecule has 0 unspecified atom stereocenters. The summed E-state index contributed by atoms with van der Waals surface area (Å²) in [6.45, 7) is 1.41. The average Bonchev–Trinajstić information content (AvgIpc) is 2.73. The fourth-order valence-electron chi connectivity index (χ4n) is 3.55. The molecule has 0 saturated carbocycles. The van der Waals surface area contributed by atoms with Crippen molar-refractivity contribution in [1.29, 1.82) is 0 Å². The van der Waals surface area contributed by atoms with E-state index in [1.165, 1.54) is 27.9 Å². The Morgan fingerprint density at radius 3 is 2.52 bits per heavy atom. The number of carbonyl (C=O) groups excluding carboxylic acids is 1. The second-order valence-electron chi connectivity index (χ2n) is 7.14. The van der Waals surface area contributed by atoms with Crippen molar-refractivity contribution in [3.8, 4) is 11.1 Å². The van der Waals surface area contributed by atoms with Gasteiger partial charge in [-0.3, -0.25) is 9.78 Å². The van der Waals surface area contributed by atoms with E-state index in [1.54, 1.807) is 24.5 Å². The maximum atomic E-state index is 12.7. The van der Waals surface area contributed by atoms with Gasteiger partial charge in [0, 0.05) is 50.8 Å². The van der Waals surface area contributed by atoms with E-state index in [2.05, 4.69) is 66.4 Å². The largest absolute Gasteiger partial charge is 0.378 e. The van der Waals surface area contributed by atoms with Gasteiger partial charge < -0.3 is 9.80 Å². The highest BCUT2D eigenvalue weighted by atomic mass is 16.2. The van der Waals surface area contributed by atoms with Crippen molar-refractivity contribution in [3.05, 3.63) is 83.7 Å². The van der Waals surface area contributed by atoms with E-state index in [0.717, 1.165) is 13.0 Å². The van der Waals surface area contributed by atoms with E-state index >= 15 is 0 Å². The van der Waals surface area contributed by atoms with Crippen molar-refractivity contribution in [2.45, 2.75) is 13.0 Å². The number of fused-ring (bicyclic) bond motifs is 1. The number of hydrogen-bond acceptors (Lipinski definition) is 3. The molecule has 0 radical (unpaired) electrons. The Kier molecular flexibility index (Phi) is 4.63. The number of aromatic nitrogens is 1. The van der Waals surface area contributed by atoms with Crippen LogP contribution in [0.15, 0.2) is 67.0 Å². The topological polar surface area (TPSA) is 36.4 Å². The third-order valence-electron chi connectivity index (χ3n) is 5.13. The lowest BCUT2D eigenvalue weighted by atomic mass is 9.94. The molecule has 2 heterocycles. The van der Waals surface area contributed by atoms with Gasteiger partial charge in [0.1, 0.15) is 0 Å². The SMILES string of the molecule is CN(C)c1cccc(-c2ccc3c(c2)CCN(C(=O)c2ccncc2)C3)c1. The Hall–Kier alpha value is -3.14. The molecule has 1 amide bonds. The Morgan fingerprint density at radius 2 is 1.74 bits per heavy atom. The summed E-state index contributed by atoms with van der Waals surface area (Å²) in [4.78, 5) is 20.7. The minimum atomic E-state index is 0.0748. The van der Waals surface area contributed by atoms with Crippen LogP contribution in [0, 0.1) is 0 Å². The van der Waals surface area contributed by atoms with E-state index in [4.69, 9.17) is 0 Å². The van der Waals surface area contributed by atoms with Gasteiger partial charge in [-0.15, -0.1) is 0 Å². The zero-order chi connectivity index (χ0) is 18.8. The van der Waals surface area contributed by atoms with Gasteiger partial charge in [-0.05, 0) is 52.9 Å². The summed E-state index contributed by atoms with van der Waals surface area (Å²) >= 11 is 0. The Labute approximate surface area is 160 Å². The summed E-state index contributed by atoms with van der Waals surface area (Å²) in [5.74, 6) is 0.0748. The van der Waals surface area contributed by atoms with Gasteiger partial charge in [0.05, 0.1) is 0 Å². The van der Waals surface area contributed by atoms with E-state index in [1.807, 2.05) is 4.90 Å². The molecule has 0 N–H and O–H groups in total. The molecule has 136 valence electrons. The van der Waals surface area contributed by atoms with E-state index in [9.17, 15) is 4.79 Å². The molecule has 0 atom stereocenters. The van der Waals surface area contributed by atoms with Gasteiger partial charge >= 0.3 is 0 Å². The summed E-state index contributed by atoms with van der Waals surface area (Å²) in [6.07, 6.45) is 4.21. The van der Waals surface area contributed by atoms with Crippen LogP contribution in [-0.2, 0) is 13.0 Å². The van der Waals surface area contributed by atoms with Gasteiger partial charge in [0.25, 0.3) is 5.91 Å². The highest BCUT2D eigenvalue weighted by Crippen LogP contribution is 2.29. The summed E-state index contributed by atoms with van der Waals surface area (Å²) in [6, 6.07) is 18.7. The summed E-state index contributed by atoms with van der Waals surface area (Å²) in [5, 5.41) is 0. The van der Waals surface area contributed by atoms with Crippen molar-refractivity contribution in [2.24, 2.45) is 0 Å². The molecule has 4 rings (SSSR count). The number of pyridine rings is 1. The minimum Gasteiger partial charge on any atom is -0.378 e. The minimum absolute atomic E-state index is 0.0748. The van der Waals surface area contributed by atoms with Crippen LogP contribution < -0.4 is 4.90 Å². The molecule has 1 aromatic heterocycles. The number of nitrogens with zero attached hydrogens (tertiary/aromatic N) is 3. The molecule has 3 aromatic rings. The summed E-state index contributed by atoms with van der Waals surface area (Å²) in [5.41, 5.74) is 6.91. The van der Waals surface area contributed by atoms with Crippen molar-refractivity contribution >= 4 is 11.6 Å². The molecule has 0 saturated heterocycles. The maximum Gasteiger partial charge on any atom is 0.254 e. The molecule has 1 aliphatic heterocycles. The smallest absolute Gasteiger partial charge is 0.254 e. The molecular formula is C23H23N3O. The fourth-order valence-corrected chi connectivity index (χ4v) is 3.55. The molecule has 0 fully saturated rings. The standard InChI is InChI=1S/C23H23N3O/c1-25(2)22-5-3-4-18(15-22)19-6-7-21-16-26(13-10-20(21)14-19)23(27)17-8-11-24-12-9-17/h3-9,11-12,14-15H,10,13,16H2,1-2H3. The molecular weight excluding hydrogens is 334 g/mol.